The van der Waals surface area contributed by atoms with Crippen LogP contribution >= 0.6 is 0 Å². The van der Waals surface area contributed by atoms with E-state index in [1.54, 1.807) is 0 Å². The number of aryl methyl sites for hydroxylation is 1. The molecule has 2 aliphatic rings. The van der Waals surface area contributed by atoms with Crippen LogP contribution in [0.1, 0.15) is 49.2 Å². The Bertz CT molecular complexity index is 390. The standard InChI is InChI=1S/C14H23N3O/c1-11-9-16-14(12-3-2-6-15-10-12)17(11)13-4-7-18-8-5-13/h9,12-13,15H,2-8,10H2,1H3. The zero-order chi connectivity index (χ0) is 12.4. The van der Waals surface area contributed by atoms with Crippen LogP contribution < -0.4 is 5.32 Å². The van der Waals surface area contributed by atoms with Gasteiger partial charge < -0.3 is 14.6 Å². The van der Waals surface area contributed by atoms with Crippen molar-refractivity contribution in [1.82, 2.24) is 14.9 Å². The van der Waals surface area contributed by atoms with Crippen LogP contribution in [0.25, 0.3) is 0 Å². The van der Waals surface area contributed by atoms with Crippen molar-refractivity contribution in [2.24, 2.45) is 0 Å². The zero-order valence-corrected chi connectivity index (χ0v) is 11.2. The molecular weight excluding hydrogens is 226 g/mol. The second-order valence-corrected chi connectivity index (χ2v) is 5.51. The van der Waals surface area contributed by atoms with Gasteiger partial charge in [-0.25, -0.2) is 4.98 Å². The van der Waals surface area contributed by atoms with Crippen LogP contribution in [0.15, 0.2) is 6.20 Å². The largest absolute Gasteiger partial charge is 0.381 e. The molecule has 4 nitrogen and oxygen atoms in total. The van der Waals surface area contributed by atoms with Crippen LogP contribution in [0.5, 0.6) is 0 Å². The molecule has 3 heterocycles. The topological polar surface area (TPSA) is 39.1 Å². The zero-order valence-electron chi connectivity index (χ0n) is 11.2. The normalized spacial score (nSPS) is 26.4. The average molecular weight is 249 g/mol. The van der Waals surface area contributed by atoms with Crippen LogP contribution in [-0.4, -0.2) is 35.9 Å². The van der Waals surface area contributed by atoms with Crippen molar-refractivity contribution in [3.63, 3.8) is 0 Å². The maximum absolute atomic E-state index is 5.48. The number of nitrogens with one attached hydrogen (secondary N) is 1. The van der Waals surface area contributed by atoms with Gasteiger partial charge in [0.05, 0.1) is 0 Å². The number of nitrogens with zero attached hydrogens (tertiary/aromatic N) is 2. The van der Waals surface area contributed by atoms with Crippen molar-refractivity contribution in [3.05, 3.63) is 17.7 Å². The lowest BCUT2D eigenvalue weighted by Crippen LogP contribution is -2.31. The first-order chi connectivity index (χ1) is 8.86. The smallest absolute Gasteiger partial charge is 0.113 e. The molecule has 18 heavy (non-hydrogen) atoms. The maximum Gasteiger partial charge on any atom is 0.113 e. The Balaban J connectivity index is 1.85. The molecule has 1 atom stereocenters. The summed E-state index contributed by atoms with van der Waals surface area (Å²) in [4.78, 5) is 4.70. The van der Waals surface area contributed by atoms with Gasteiger partial charge in [0.25, 0.3) is 0 Å². The van der Waals surface area contributed by atoms with Crippen molar-refractivity contribution in [2.75, 3.05) is 26.3 Å². The molecule has 2 saturated heterocycles. The molecule has 1 N–H and O–H groups in total. The van der Waals surface area contributed by atoms with Crippen LogP contribution in [0.3, 0.4) is 0 Å². The fourth-order valence-electron chi connectivity index (χ4n) is 3.26. The van der Waals surface area contributed by atoms with Crippen molar-refractivity contribution in [1.29, 1.82) is 0 Å². The van der Waals surface area contributed by atoms with Gasteiger partial charge in [-0.05, 0) is 39.2 Å². The van der Waals surface area contributed by atoms with Crippen molar-refractivity contribution < 1.29 is 4.74 Å². The third-order valence-electron chi connectivity index (χ3n) is 4.23. The molecule has 2 fully saturated rings. The Kier molecular flexibility index (Phi) is 3.66. The summed E-state index contributed by atoms with van der Waals surface area (Å²) < 4.78 is 7.96. The number of rotatable bonds is 2. The van der Waals surface area contributed by atoms with Gasteiger partial charge in [-0.3, -0.25) is 0 Å². The van der Waals surface area contributed by atoms with Gasteiger partial charge in [0.1, 0.15) is 5.82 Å². The third kappa shape index (κ3) is 2.31. The number of hydrogen-bond acceptors (Lipinski definition) is 3. The molecule has 1 unspecified atom stereocenters. The summed E-state index contributed by atoms with van der Waals surface area (Å²) >= 11 is 0. The van der Waals surface area contributed by atoms with Gasteiger partial charge in [-0.15, -0.1) is 0 Å². The molecular formula is C14H23N3O. The maximum atomic E-state index is 5.48. The fraction of sp³-hybridized carbons (Fsp3) is 0.786. The number of aromatic nitrogens is 2. The minimum absolute atomic E-state index is 0.593. The molecule has 1 aromatic rings. The molecule has 3 rings (SSSR count). The Morgan fingerprint density at radius 3 is 2.89 bits per heavy atom. The lowest BCUT2D eigenvalue weighted by molar-refractivity contribution is 0.0678. The summed E-state index contributed by atoms with van der Waals surface area (Å²) in [6.07, 6.45) is 6.84. The Labute approximate surface area is 109 Å². The van der Waals surface area contributed by atoms with Crippen LogP contribution in [0.4, 0.5) is 0 Å². The van der Waals surface area contributed by atoms with Gasteiger partial charge in [0.15, 0.2) is 0 Å². The highest BCUT2D eigenvalue weighted by atomic mass is 16.5. The van der Waals surface area contributed by atoms with Crippen molar-refractivity contribution in [2.45, 2.75) is 44.6 Å². The van der Waals surface area contributed by atoms with E-state index in [0.29, 0.717) is 12.0 Å². The summed E-state index contributed by atoms with van der Waals surface area (Å²) in [5.74, 6) is 1.89. The van der Waals surface area contributed by atoms with E-state index in [0.717, 1.165) is 39.1 Å². The molecule has 1 aromatic heterocycles. The van der Waals surface area contributed by atoms with Gasteiger partial charge in [-0.2, -0.15) is 0 Å². The van der Waals surface area contributed by atoms with E-state index in [2.05, 4.69) is 16.8 Å². The van der Waals surface area contributed by atoms with Crippen molar-refractivity contribution >= 4 is 0 Å². The Morgan fingerprint density at radius 1 is 1.33 bits per heavy atom. The molecule has 0 amide bonds. The molecule has 0 bridgehead atoms. The minimum atomic E-state index is 0.593. The van der Waals surface area contributed by atoms with E-state index in [4.69, 9.17) is 9.72 Å². The highest BCUT2D eigenvalue weighted by molar-refractivity contribution is 5.11. The lowest BCUT2D eigenvalue weighted by atomic mass is 9.97. The van der Waals surface area contributed by atoms with E-state index in [-0.39, 0.29) is 0 Å². The molecule has 0 saturated carbocycles. The van der Waals surface area contributed by atoms with Crippen molar-refractivity contribution in [3.8, 4) is 0 Å². The third-order valence-corrected chi connectivity index (χ3v) is 4.23. The van der Waals surface area contributed by atoms with Gasteiger partial charge in [0.2, 0.25) is 0 Å². The van der Waals surface area contributed by atoms with E-state index in [1.165, 1.54) is 24.4 Å². The SMILES string of the molecule is Cc1cnc(C2CCCNC2)n1C1CCOCC1. The molecule has 2 aliphatic heterocycles. The second-order valence-electron chi connectivity index (χ2n) is 5.51. The van der Waals surface area contributed by atoms with Crippen LogP contribution in [-0.2, 0) is 4.74 Å². The average Bonchev–Trinajstić information content (AvgIpc) is 2.83. The summed E-state index contributed by atoms with van der Waals surface area (Å²) in [5.41, 5.74) is 1.31. The number of hydrogen-bond donors (Lipinski definition) is 1. The fourth-order valence-corrected chi connectivity index (χ4v) is 3.26. The molecule has 4 heteroatoms. The Morgan fingerprint density at radius 2 is 2.17 bits per heavy atom. The van der Waals surface area contributed by atoms with E-state index in [9.17, 15) is 0 Å². The first-order valence-corrected chi connectivity index (χ1v) is 7.18. The molecule has 0 aliphatic carbocycles. The van der Waals surface area contributed by atoms with Gasteiger partial charge in [-0.1, -0.05) is 0 Å². The monoisotopic (exact) mass is 249 g/mol. The first-order valence-electron chi connectivity index (χ1n) is 7.18. The first kappa shape index (κ1) is 12.2. The summed E-state index contributed by atoms with van der Waals surface area (Å²) in [7, 11) is 0. The number of ether oxygens (including phenoxy) is 1. The Hall–Kier alpha value is -0.870. The summed E-state index contributed by atoms with van der Waals surface area (Å²) in [6.45, 7) is 6.21. The van der Waals surface area contributed by atoms with Crippen LogP contribution in [0.2, 0.25) is 0 Å². The second kappa shape index (κ2) is 5.41. The molecule has 0 radical (unpaired) electrons. The van der Waals surface area contributed by atoms with Crippen LogP contribution in [0, 0.1) is 6.92 Å². The van der Waals surface area contributed by atoms with E-state index in [1.807, 2.05) is 6.20 Å². The predicted molar refractivity (Wildman–Crippen MR) is 70.9 cm³/mol. The number of piperidine rings is 1. The summed E-state index contributed by atoms with van der Waals surface area (Å²) in [5, 5.41) is 3.49. The molecule has 100 valence electrons. The van der Waals surface area contributed by atoms with Gasteiger partial charge >= 0.3 is 0 Å². The van der Waals surface area contributed by atoms with E-state index >= 15 is 0 Å². The highest BCUT2D eigenvalue weighted by Gasteiger charge is 2.25. The lowest BCUT2D eigenvalue weighted by Gasteiger charge is -2.30. The predicted octanol–water partition coefficient (Wildman–Crippen LogP) is 2.01. The molecule has 0 spiro atoms. The minimum Gasteiger partial charge on any atom is -0.381 e. The summed E-state index contributed by atoms with van der Waals surface area (Å²) in [6, 6.07) is 0.596. The molecule has 0 aromatic carbocycles. The number of imidazole rings is 1. The van der Waals surface area contributed by atoms with E-state index < -0.39 is 0 Å². The van der Waals surface area contributed by atoms with Gasteiger partial charge in [0, 0.05) is 43.6 Å². The highest BCUT2D eigenvalue weighted by Crippen LogP contribution is 2.30. The quantitative estimate of drug-likeness (QED) is 0.871.